The third kappa shape index (κ3) is 3.13. The van der Waals surface area contributed by atoms with Gasteiger partial charge in [0.2, 0.25) is 0 Å². The van der Waals surface area contributed by atoms with Gasteiger partial charge < -0.3 is 15.0 Å². The lowest BCUT2D eigenvalue weighted by Crippen LogP contribution is -2.26. The van der Waals surface area contributed by atoms with Gasteiger partial charge in [-0.15, -0.1) is 0 Å². The van der Waals surface area contributed by atoms with Crippen LogP contribution in [-0.4, -0.2) is 49.1 Å². The summed E-state index contributed by atoms with van der Waals surface area (Å²) in [6.07, 6.45) is 4.89. The van der Waals surface area contributed by atoms with Crippen LogP contribution < -0.4 is 0 Å². The minimum Gasteiger partial charge on any atom is -0.465 e. The second-order valence-electron chi connectivity index (χ2n) is 6.19. The molecule has 1 saturated heterocycles. The third-order valence-corrected chi connectivity index (χ3v) is 4.47. The van der Waals surface area contributed by atoms with Gasteiger partial charge in [-0.3, -0.25) is 0 Å². The number of nitrogens with zero attached hydrogens (tertiary/aromatic N) is 4. The van der Waals surface area contributed by atoms with Crippen molar-refractivity contribution in [2.45, 2.75) is 12.3 Å². The molecule has 8 heteroatoms. The lowest BCUT2D eigenvalue weighted by molar-refractivity contribution is 0.155. The summed E-state index contributed by atoms with van der Waals surface area (Å²) in [4.78, 5) is 28.7. The molecule has 1 aliphatic rings. The lowest BCUT2D eigenvalue weighted by atomic mass is 10.1. The Morgan fingerprint density at radius 3 is 2.77 bits per heavy atom. The topological polar surface area (TPSA) is 95.0 Å². The number of nitrogens with one attached hydrogen (secondary N) is 1. The van der Waals surface area contributed by atoms with Gasteiger partial charge >= 0.3 is 6.09 Å². The molecule has 3 heterocycles. The maximum atomic E-state index is 13.3. The molecule has 0 saturated carbocycles. The number of hydrogen-bond acceptors (Lipinski definition) is 4. The average Bonchev–Trinajstić information content (AvgIpc) is 3.31. The SMILES string of the molecule is O=C(O)N1CCC(c2nc(-c3cnc(-c4cccc(F)c4)nc3)c[nH]2)C1. The van der Waals surface area contributed by atoms with Crippen LogP contribution in [0.2, 0.25) is 0 Å². The van der Waals surface area contributed by atoms with Crippen molar-refractivity contribution in [3.63, 3.8) is 0 Å². The van der Waals surface area contributed by atoms with E-state index in [1.165, 1.54) is 17.0 Å². The quantitative estimate of drug-likeness (QED) is 0.754. The highest BCUT2D eigenvalue weighted by Crippen LogP contribution is 2.27. The number of rotatable bonds is 3. The Hall–Kier alpha value is -3.29. The molecule has 1 unspecified atom stereocenters. The summed E-state index contributed by atoms with van der Waals surface area (Å²) < 4.78 is 13.3. The zero-order valence-electron chi connectivity index (χ0n) is 13.8. The summed E-state index contributed by atoms with van der Waals surface area (Å²) in [5, 5.41) is 9.05. The van der Waals surface area contributed by atoms with E-state index < -0.39 is 6.09 Å². The fourth-order valence-corrected chi connectivity index (χ4v) is 3.09. The van der Waals surface area contributed by atoms with Gasteiger partial charge in [0, 0.05) is 48.7 Å². The van der Waals surface area contributed by atoms with Crippen LogP contribution in [0.15, 0.2) is 42.9 Å². The fraction of sp³-hybridized carbons (Fsp3) is 0.222. The highest BCUT2D eigenvalue weighted by molar-refractivity contribution is 5.65. The highest BCUT2D eigenvalue weighted by Gasteiger charge is 2.29. The number of hydrogen-bond donors (Lipinski definition) is 2. The van der Waals surface area contributed by atoms with Crippen LogP contribution in [0.1, 0.15) is 18.2 Å². The van der Waals surface area contributed by atoms with Gasteiger partial charge in [0.1, 0.15) is 11.6 Å². The summed E-state index contributed by atoms with van der Waals surface area (Å²) in [7, 11) is 0. The minimum atomic E-state index is -0.902. The van der Waals surface area contributed by atoms with Gasteiger partial charge in [-0.25, -0.2) is 24.1 Å². The maximum Gasteiger partial charge on any atom is 0.407 e. The molecule has 1 fully saturated rings. The van der Waals surface area contributed by atoms with Crippen molar-refractivity contribution in [1.82, 2.24) is 24.8 Å². The van der Waals surface area contributed by atoms with Gasteiger partial charge in [-0.1, -0.05) is 12.1 Å². The monoisotopic (exact) mass is 353 g/mol. The largest absolute Gasteiger partial charge is 0.465 e. The number of likely N-dealkylation sites (tertiary alicyclic amines) is 1. The van der Waals surface area contributed by atoms with E-state index in [0.717, 1.165) is 17.8 Å². The predicted octanol–water partition coefficient (Wildman–Crippen LogP) is 3.14. The van der Waals surface area contributed by atoms with E-state index in [2.05, 4.69) is 19.9 Å². The zero-order valence-corrected chi connectivity index (χ0v) is 13.8. The molecule has 1 atom stereocenters. The third-order valence-electron chi connectivity index (χ3n) is 4.47. The van der Waals surface area contributed by atoms with Crippen molar-refractivity contribution in [2.75, 3.05) is 13.1 Å². The first-order chi connectivity index (χ1) is 12.6. The molecule has 26 heavy (non-hydrogen) atoms. The van der Waals surface area contributed by atoms with Crippen molar-refractivity contribution in [3.05, 3.63) is 54.5 Å². The van der Waals surface area contributed by atoms with Crippen molar-refractivity contribution in [2.24, 2.45) is 0 Å². The van der Waals surface area contributed by atoms with Crippen LogP contribution in [0, 0.1) is 5.82 Å². The molecule has 2 aromatic heterocycles. The number of aromatic nitrogens is 4. The number of imidazole rings is 1. The van der Waals surface area contributed by atoms with Crippen LogP contribution in [0.4, 0.5) is 9.18 Å². The molecule has 7 nitrogen and oxygen atoms in total. The van der Waals surface area contributed by atoms with E-state index in [4.69, 9.17) is 5.11 Å². The molecule has 4 rings (SSSR count). The second kappa shape index (κ2) is 6.55. The first-order valence-electron chi connectivity index (χ1n) is 8.21. The number of benzene rings is 1. The number of H-pyrrole nitrogens is 1. The fourth-order valence-electron chi connectivity index (χ4n) is 3.09. The lowest BCUT2D eigenvalue weighted by Gasteiger charge is -2.10. The Bertz CT molecular complexity index is 941. The summed E-state index contributed by atoms with van der Waals surface area (Å²) >= 11 is 0. The number of aromatic amines is 1. The Balaban J connectivity index is 1.52. The van der Waals surface area contributed by atoms with Gasteiger partial charge in [0.05, 0.1) is 5.69 Å². The van der Waals surface area contributed by atoms with Crippen LogP contribution >= 0.6 is 0 Å². The smallest absolute Gasteiger partial charge is 0.407 e. The van der Waals surface area contributed by atoms with E-state index in [9.17, 15) is 9.18 Å². The van der Waals surface area contributed by atoms with E-state index in [1.54, 1.807) is 30.7 Å². The van der Waals surface area contributed by atoms with Crippen LogP contribution in [0.25, 0.3) is 22.6 Å². The first-order valence-corrected chi connectivity index (χ1v) is 8.21. The molecule has 1 amide bonds. The Morgan fingerprint density at radius 1 is 1.27 bits per heavy atom. The standard InChI is InChI=1S/C18H16FN5O2/c19-14-3-1-2-11(6-14)16-20-7-13(8-21-16)15-9-22-17(23-15)12-4-5-24(10-12)18(25)26/h1-3,6-9,12H,4-5,10H2,(H,22,23)(H,25,26). The Labute approximate surface area is 148 Å². The molecule has 3 aromatic rings. The zero-order chi connectivity index (χ0) is 18.1. The minimum absolute atomic E-state index is 0.0623. The van der Waals surface area contributed by atoms with Crippen LogP contribution in [0.3, 0.4) is 0 Å². The summed E-state index contributed by atoms with van der Waals surface area (Å²) in [5.41, 5.74) is 2.04. The second-order valence-corrected chi connectivity index (χ2v) is 6.19. The van der Waals surface area contributed by atoms with Gasteiger partial charge in [0.25, 0.3) is 0 Å². The van der Waals surface area contributed by atoms with E-state index in [-0.39, 0.29) is 11.7 Å². The molecule has 0 spiro atoms. The van der Waals surface area contributed by atoms with Crippen molar-refractivity contribution in [1.29, 1.82) is 0 Å². The Morgan fingerprint density at radius 2 is 2.08 bits per heavy atom. The number of carboxylic acid groups (broad SMARTS) is 1. The number of amides is 1. The van der Waals surface area contributed by atoms with E-state index in [0.29, 0.717) is 30.2 Å². The van der Waals surface area contributed by atoms with E-state index in [1.807, 2.05) is 0 Å². The van der Waals surface area contributed by atoms with E-state index >= 15 is 0 Å². The number of halogens is 1. The molecule has 132 valence electrons. The first kappa shape index (κ1) is 16.2. The van der Waals surface area contributed by atoms with Crippen LogP contribution in [-0.2, 0) is 0 Å². The average molecular weight is 353 g/mol. The van der Waals surface area contributed by atoms with Crippen molar-refractivity contribution >= 4 is 6.09 Å². The highest BCUT2D eigenvalue weighted by atomic mass is 19.1. The summed E-state index contributed by atoms with van der Waals surface area (Å²) in [6, 6.07) is 6.12. The molecular weight excluding hydrogens is 337 g/mol. The van der Waals surface area contributed by atoms with Gasteiger partial charge in [0.15, 0.2) is 5.82 Å². The molecule has 0 aliphatic carbocycles. The molecule has 1 aliphatic heterocycles. The number of carbonyl (C=O) groups is 1. The van der Waals surface area contributed by atoms with Crippen molar-refractivity contribution in [3.8, 4) is 22.6 Å². The molecule has 0 bridgehead atoms. The maximum absolute atomic E-state index is 13.3. The molecule has 0 radical (unpaired) electrons. The molecular formula is C18H16FN5O2. The predicted molar refractivity (Wildman–Crippen MR) is 92.0 cm³/mol. The molecule has 1 aromatic carbocycles. The molecule has 2 N–H and O–H groups in total. The normalized spacial score (nSPS) is 16.8. The van der Waals surface area contributed by atoms with Crippen LogP contribution in [0.5, 0.6) is 0 Å². The van der Waals surface area contributed by atoms with Gasteiger partial charge in [-0.2, -0.15) is 0 Å². The Kier molecular flexibility index (Phi) is 4.08. The summed E-state index contributed by atoms with van der Waals surface area (Å²) in [5.74, 6) is 0.932. The van der Waals surface area contributed by atoms with Gasteiger partial charge in [-0.05, 0) is 18.6 Å². The van der Waals surface area contributed by atoms with Crippen molar-refractivity contribution < 1.29 is 14.3 Å². The summed E-state index contributed by atoms with van der Waals surface area (Å²) in [6.45, 7) is 0.957.